The Morgan fingerprint density at radius 3 is 2.81 bits per heavy atom. The molecule has 1 N–H and O–H groups in total. The average molecular weight is 366 g/mol. The van der Waals surface area contributed by atoms with Gasteiger partial charge in [0.1, 0.15) is 10.8 Å². The van der Waals surface area contributed by atoms with Crippen molar-refractivity contribution >= 4 is 43.2 Å². The van der Waals surface area contributed by atoms with Gasteiger partial charge in [0.25, 0.3) is 0 Å². The SMILES string of the molecule is Cc1cnc(CNCc2cc(Br)c(Br)o2)s1. The predicted molar refractivity (Wildman–Crippen MR) is 71.5 cm³/mol. The molecule has 2 rings (SSSR count). The van der Waals surface area contributed by atoms with Crippen LogP contribution in [0.4, 0.5) is 0 Å². The number of halogens is 2. The van der Waals surface area contributed by atoms with Crippen molar-refractivity contribution in [2.45, 2.75) is 20.0 Å². The van der Waals surface area contributed by atoms with Crippen LogP contribution in [0.15, 0.2) is 25.8 Å². The Balaban J connectivity index is 1.84. The number of furan rings is 1. The molecule has 0 bridgehead atoms. The van der Waals surface area contributed by atoms with Crippen molar-refractivity contribution in [3.8, 4) is 0 Å². The predicted octanol–water partition coefficient (Wildman–Crippen LogP) is 3.86. The minimum absolute atomic E-state index is 0.697. The van der Waals surface area contributed by atoms with E-state index in [2.05, 4.69) is 49.1 Å². The fourth-order valence-electron chi connectivity index (χ4n) is 1.25. The number of hydrogen-bond acceptors (Lipinski definition) is 4. The molecule has 2 heterocycles. The molecule has 0 aromatic carbocycles. The highest BCUT2D eigenvalue weighted by Gasteiger charge is 2.05. The zero-order valence-corrected chi connectivity index (χ0v) is 12.6. The first-order valence-corrected chi connectivity index (χ1v) is 7.11. The summed E-state index contributed by atoms with van der Waals surface area (Å²) in [6, 6.07) is 1.95. The maximum absolute atomic E-state index is 5.45. The Kier molecular flexibility index (Phi) is 4.18. The van der Waals surface area contributed by atoms with E-state index in [0.29, 0.717) is 6.54 Å². The summed E-state index contributed by atoms with van der Waals surface area (Å²) in [5.74, 6) is 0.895. The third kappa shape index (κ3) is 3.16. The van der Waals surface area contributed by atoms with Gasteiger partial charge in [-0.25, -0.2) is 4.98 Å². The van der Waals surface area contributed by atoms with Crippen LogP contribution in [0.25, 0.3) is 0 Å². The normalized spacial score (nSPS) is 10.9. The molecular formula is C10H10Br2N2OS. The lowest BCUT2D eigenvalue weighted by molar-refractivity contribution is 0.464. The molecule has 0 aliphatic heterocycles. The molecule has 0 atom stereocenters. The Morgan fingerprint density at radius 2 is 2.25 bits per heavy atom. The second-order valence-corrected chi connectivity index (χ2v) is 6.20. The minimum Gasteiger partial charge on any atom is -0.452 e. The van der Waals surface area contributed by atoms with Crippen LogP contribution in [0.5, 0.6) is 0 Å². The first kappa shape index (κ1) is 12.3. The minimum atomic E-state index is 0.697. The third-order valence-corrected chi connectivity index (χ3v) is 4.56. The molecule has 0 fully saturated rings. The molecule has 0 amide bonds. The van der Waals surface area contributed by atoms with E-state index in [0.717, 1.165) is 26.5 Å². The number of rotatable bonds is 4. The van der Waals surface area contributed by atoms with Gasteiger partial charge in [-0.2, -0.15) is 0 Å². The second kappa shape index (κ2) is 5.44. The van der Waals surface area contributed by atoms with Crippen LogP contribution in [-0.2, 0) is 13.1 Å². The molecule has 0 radical (unpaired) electrons. The summed E-state index contributed by atoms with van der Waals surface area (Å²) >= 11 is 8.39. The molecule has 2 aromatic rings. The summed E-state index contributed by atoms with van der Waals surface area (Å²) in [7, 11) is 0. The van der Waals surface area contributed by atoms with Crippen LogP contribution < -0.4 is 5.32 Å². The molecule has 0 spiro atoms. The van der Waals surface area contributed by atoms with Crippen molar-refractivity contribution < 1.29 is 4.42 Å². The molecule has 0 aliphatic carbocycles. The standard InChI is InChI=1S/C10H10Br2N2OS/c1-6-3-14-9(16-6)5-13-4-7-2-8(11)10(12)15-7/h2-3,13H,4-5H2,1H3. The smallest absolute Gasteiger partial charge is 0.183 e. The molecule has 2 aromatic heterocycles. The zero-order chi connectivity index (χ0) is 11.5. The van der Waals surface area contributed by atoms with Crippen molar-refractivity contribution in [1.29, 1.82) is 0 Å². The highest BCUT2D eigenvalue weighted by Crippen LogP contribution is 2.26. The van der Waals surface area contributed by atoms with Gasteiger partial charge in [0, 0.05) is 17.6 Å². The van der Waals surface area contributed by atoms with Crippen LogP contribution in [0.3, 0.4) is 0 Å². The Bertz CT molecular complexity index is 461. The molecular weight excluding hydrogens is 356 g/mol. The summed E-state index contributed by atoms with van der Waals surface area (Å²) in [6.07, 6.45) is 1.89. The zero-order valence-electron chi connectivity index (χ0n) is 8.59. The first-order chi connectivity index (χ1) is 7.65. The van der Waals surface area contributed by atoms with Crippen molar-refractivity contribution in [2.75, 3.05) is 0 Å². The highest BCUT2D eigenvalue weighted by molar-refractivity contribution is 9.13. The monoisotopic (exact) mass is 364 g/mol. The van der Waals surface area contributed by atoms with Gasteiger partial charge < -0.3 is 9.73 Å². The van der Waals surface area contributed by atoms with Gasteiger partial charge in [0.05, 0.1) is 11.0 Å². The van der Waals surface area contributed by atoms with E-state index < -0.39 is 0 Å². The maximum atomic E-state index is 5.45. The molecule has 0 aliphatic rings. The van der Waals surface area contributed by atoms with Gasteiger partial charge >= 0.3 is 0 Å². The number of aryl methyl sites for hydroxylation is 1. The van der Waals surface area contributed by atoms with Gasteiger partial charge in [0.15, 0.2) is 4.67 Å². The van der Waals surface area contributed by atoms with E-state index in [1.54, 1.807) is 11.3 Å². The highest BCUT2D eigenvalue weighted by atomic mass is 79.9. The molecule has 16 heavy (non-hydrogen) atoms. The fourth-order valence-corrected chi connectivity index (χ4v) is 2.67. The van der Waals surface area contributed by atoms with Gasteiger partial charge in [-0.15, -0.1) is 11.3 Å². The molecule has 0 unspecified atom stereocenters. The van der Waals surface area contributed by atoms with Crippen molar-refractivity contribution in [2.24, 2.45) is 0 Å². The van der Waals surface area contributed by atoms with E-state index in [-0.39, 0.29) is 0 Å². The van der Waals surface area contributed by atoms with Crippen molar-refractivity contribution in [3.05, 3.63) is 37.1 Å². The second-order valence-electron chi connectivity index (χ2n) is 3.30. The van der Waals surface area contributed by atoms with Crippen LogP contribution in [-0.4, -0.2) is 4.98 Å². The number of hydrogen-bond donors (Lipinski definition) is 1. The fraction of sp³-hybridized carbons (Fsp3) is 0.300. The van der Waals surface area contributed by atoms with Crippen LogP contribution >= 0.6 is 43.2 Å². The number of aromatic nitrogens is 1. The maximum Gasteiger partial charge on any atom is 0.183 e. The summed E-state index contributed by atoms with van der Waals surface area (Å²) in [6.45, 7) is 3.53. The third-order valence-electron chi connectivity index (χ3n) is 1.94. The van der Waals surface area contributed by atoms with Crippen LogP contribution in [0.2, 0.25) is 0 Å². The van der Waals surface area contributed by atoms with Crippen LogP contribution in [0, 0.1) is 6.92 Å². The lowest BCUT2D eigenvalue weighted by Crippen LogP contribution is -2.11. The van der Waals surface area contributed by atoms with Crippen molar-refractivity contribution in [1.82, 2.24) is 10.3 Å². The van der Waals surface area contributed by atoms with Gasteiger partial charge in [-0.3, -0.25) is 0 Å². The quantitative estimate of drug-likeness (QED) is 0.893. The number of nitrogens with zero attached hydrogens (tertiary/aromatic N) is 1. The molecule has 0 saturated heterocycles. The Morgan fingerprint density at radius 1 is 1.44 bits per heavy atom. The van der Waals surface area contributed by atoms with Gasteiger partial charge in [-0.1, -0.05) is 0 Å². The van der Waals surface area contributed by atoms with E-state index in [4.69, 9.17) is 4.42 Å². The Hall–Kier alpha value is -0.170. The number of thiazole rings is 1. The summed E-state index contributed by atoms with van der Waals surface area (Å²) in [5, 5.41) is 4.38. The first-order valence-electron chi connectivity index (χ1n) is 4.71. The molecule has 86 valence electrons. The largest absolute Gasteiger partial charge is 0.452 e. The van der Waals surface area contributed by atoms with E-state index in [1.165, 1.54) is 4.88 Å². The molecule has 6 heteroatoms. The van der Waals surface area contributed by atoms with Crippen molar-refractivity contribution in [3.63, 3.8) is 0 Å². The summed E-state index contributed by atoms with van der Waals surface area (Å²) in [5.41, 5.74) is 0. The summed E-state index contributed by atoms with van der Waals surface area (Å²) < 4.78 is 7.12. The molecule has 3 nitrogen and oxygen atoms in total. The van der Waals surface area contributed by atoms with Gasteiger partial charge in [-0.05, 0) is 44.8 Å². The molecule has 0 saturated carbocycles. The summed E-state index contributed by atoms with van der Waals surface area (Å²) in [4.78, 5) is 5.51. The topological polar surface area (TPSA) is 38.1 Å². The van der Waals surface area contributed by atoms with E-state index in [9.17, 15) is 0 Å². The lowest BCUT2D eigenvalue weighted by Gasteiger charge is -1.98. The number of nitrogens with one attached hydrogen (secondary N) is 1. The van der Waals surface area contributed by atoms with Gasteiger partial charge in [0.2, 0.25) is 0 Å². The lowest BCUT2D eigenvalue weighted by atomic mass is 10.4. The van der Waals surface area contributed by atoms with E-state index in [1.807, 2.05) is 12.3 Å². The van der Waals surface area contributed by atoms with E-state index >= 15 is 0 Å². The Labute approximate surface area is 115 Å². The average Bonchev–Trinajstić information content (AvgIpc) is 2.75. The van der Waals surface area contributed by atoms with Crippen LogP contribution in [0.1, 0.15) is 15.6 Å².